The molecule has 8 nitrogen and oxygen atoms in total. The minimum absolute atomic E-state index is 0.0259. The van der Waals surface area contributed by atoms with Gasteiger partial charge in [-0.2, -0.15) is 0 Å². The van der Waals surface area contributed by atoms with Gasteiger partial charge < -0.3 is 18.6 Å². The quantitative estimate of drug-likeness (QED) is 0.243. The number of hydrogen-bond donors (Lipinski definition) is 0. The van der Waals surface area contributed by atoms with Crippen LogP contribution in [0, 0.1) is 13.8 Å². The Labute approximate surface area is 238 Å². The number of ether oxygens (including phenoxy) is 2. The topological polar surface area (TPSA) is 82.6 Å². The number of fused-ring (bicyclic) bond motifs is 1. The summed E-state index contributed by atoms with van der Waals surface area (Å²) in [7, 11) is -0.0259. The van der Waals surface area contributed by atoms with E-state index in [2.05, 4.69) is 27.9 Å². The number of methoxy groups -OCH3 is 1. The number of carbonyl (C=O) groups is 1. The summed E-state index contributed by atoms with van der Waals surface area (Å²) in [4.78, 5) is 20.0. The molecule has 3 heterocycles. The van der Waals surface area contributed by atoms with Gasteiger partial charge in [0.2, 0.25) is 0 Å². The molecule has 204 valence electrons. The molecule has 6 rings (SSSR count). The van der Waals surface area contributed by atoms with Gasteiger partial charge in [0.05, 0.1) is 40.9 Å². The fraction of sp³-hybridized carbons (Fsp3) is 0.414. The Balaban J connectivity index is 1.48. The number of cyclic esters (lactones) is 1. The van der Waals surface area contributed by atoms with Crippen LogP contribution in [0.15, 0.2) is 40.9 Å². The number of anilines is 1. The smallest absolute Gasteiger partial charge is 0.414 e. The lowest BCUT2D eigenvalue weighted by atomic mass is 9.92. The molecule has 0 N–H and O–H groups in total. The summed E-state index contributed by atoms with van der Waals surface area (Å²) in [5, 5.41) is 4.90. The summed E-state index contributed by atoms with van der Waals surface area (Å²) in [5.41, 5.74) is 5.21. The fourth-order valence-electron chi connectivity index (χ4n) is 6.01. The molecule has 1 amide bonds. The highest BCUT2D eigenvalue weighted by Crippen LogP contribution is 2.41. The van der Waals surface area contributed by atoms with Crippen LogP contribution in [0.1, 0.15) is 62.8 Å². The second-order valence-corrected chi connectivity index (χ2v) is 11.0. The molecule has 2 aromatic carbocycles. The number of benzene rings is 2. The molecule has 2 aromatic heterocycles. The number of carbonyl (C=O) groups excluding carboxylic acids is 1. The van der Waals surface area contributed by atoms with E-state index in [0.29, 0.717) is 28.8 Å². The van der Waals surface area contributed by atoms with Gasteiger partial charge in [0.25, 0.3) is 0 Å². The van der Waals surface area contributed by atoms with Gasteiger partial charge in [-0.05, 0) is 75.4 Å². The normalized spacial score (nSPS) is 22.3. The second-order valence-electron chi connectivity index (χ2n) is 10.2. The van der Waals surface area contributed by atoms with E-state index >= 15 is 0 Å². The summed E-state index contributed by atoms with van der Waals surface area (Å²) in [5.74, 6) is 1.56. The third-order valence-electron chi connectivity index (χ3n) is 7.89. The Morgan fingerprint density at radius 3 is 2.59 bits per heavy atom. The van der Waals surface area contributed by atoms with Gasteiger partial charge in [-0.1, -0.05) is 34.4 Å². The Kier molecular flexibility index (Phi) is 6.70. The third-order valence-corrected chi connectivity index (χ3v) is 8.63. The van der Waals surface area contributed by atoms with E-state index in [1.54, 1.807) is 23.1 Å². The van der Waals surface area contributed by atoms with E-state index in [0.717, 1.165) is 65.1 Å². The third kappa shape index (κ3) is 4.68. The maximum atomic E-state index is 13.2. The van der Waals surface area contributed by atoms with Crippen LogP contribution in [0.25, 0.3) is 22.2 Å². The maximum absolute atomic E-state index is 13.2. The first-order valence-corrected chi connectivity index (χ1v) is 13.9. The molecule has 0 unspecified atom stereocenters. The van der Waals surface area contributed by atoms with E-state index in [1.807, 2.05) is 13.8 Å². The molecule has 1 saturated heterocycles. The minimum atomic E-state index is -0.447. The molecule has 1 atom stereocenters. The summed E-state index contributed by atoms with van der Waals surface area (Å²) in [6, 6.07) is 11.2. The average molecular weight is 570 g/mol. The lowest BCUT2D eigenvalue weighted by molar-refractivity contribution is 0.0582. The van der Waals surface area contributed by atoms with Crippen molar-refractivity contribution in [3.63, 3.8) is 0 Å². The molecule has 2 aliphatic rings. The zero-order valence-corrected chi connectivity index (χ0v) is 23.3. The number of rotatable bonds is 5. The lowest BCUT2D eigenvalue weighted by Gasteiger charge is -2.37. The molecular formula is C29H30Cl2N4O4. The van der Waals surface area contributed by atoms with Gasteiger partial charge >= 0.3 is 6.09 Å². The molecule has 1 aliphatic carbocycles. The average Bonchev–Trinajstić information content (AvgIpc) is 3.49. The SMILES string of the molecule is [2H]CO[C@H]1CC[C@H](n2c([C@@H]3CCOC(=O)N3c3ccc(Cl)c(Cl)c3)nc3cc(-c4c(C)noc4C)ccc32)CC1. The van der Waals surface area contributed by atoms with E-state index in [9.17, 15) is 4.79 Å². The van der Waals surface area contributed by atoms with Crippen LogP contribution in [0.5, 0.6) is 0 Å². The van der Waals surface area contributed by atoms with Crippen molar-refractivity contribution in [1.82, 2.24) is 14.7 Å². The second kappa shape index (κ2) is 10.5. The summed E-state index contributed by atoms with van der Waals surface area (Å²) >= 11 is 12.5. The zero-order chi connectivity index (χ0) is 28.0. The molecule has 4 aromatic rings. The minimum Gasteiger partial charge on any atom is -0.449 e. The largest absolute Gasteiger partial charge is 0.449 e. The van der Waals surface area contributed by atoms with Crippen LogP contribution in [0.4, 0.5) is 10.5 Å². The predicted octanol–water partition coefficient (Wildman–Crippen LogP) is 7.83. The lowest BCUT2D eigenvalue weighted by Crippen LogP contribution is -2.42. The van der Waals surface area contributed by atoms with Crippen molar-refractivity contribution in [2.24, 2.45) is 0 Å². The Hall–Kier alpha value is -3.07. The van der Waals surface area contributed by atoms with Crippen molar-refractivity contribution in [3.8, 4) is 11.1 Å². The molecule has 0 spiro atoms. The molecule has 2 fully saturated rings. The Morgan fingerprint density at radius 2 is 1.87 bits per heavy atom. The molecule has 0 radical (unpaired) electrons. The molecular weight excluding hydrogens is 539 g/mol. The van der Waals surface area contributed by atoms with Crippen LogP contribution >= 0.6 is 23.2 Å². The van der Waals surface area contributed by atoms with Crippen molar-refractivity contribution in [3.05, 3.63) is 63.7 Å². The number of aryl methyl sites for hydroxylation is 2. The molecule has 39 heavy (non-hydrogen) atoms. The summed E-state index contributed by atoms with van der Waals surface area (Å²) in [6.07, 6.45) is 3.72. The van der Waals surface area contributed by atoms with Crippen LogP contribution in [0.3, 0.4) is 0 Å². The number of imidazole rings is 1. The summed E-state index contributed by atoms with van der Waals surface area (Å²) in [6.45, 7) is 4.13. The van der Waals surface area contributed by atoms with Gasteiger partial charge in [-0.3, -0.25) is 4.90 Å². The molecule has 1 aliphatic heterocycles. The van der Waals surface area contributed by atoms with Gasteiger partial charge in [-0.15, -0.1) is 0 Å². The highest BCUT2D eigenvalue weighted by atomic mass is 35.5. The van der Waals surface area contributed by atoms with Crippen molar-refractivity contribution < 1.29 is 20.2 Å². The number of aromatic nitrogens is 3. The number of nitrogens with zero attached hydrogens (tertiary/aromatic N) is 4. The summed E-state index contributed by atoms with van der Waals surface area (Å²) < 4.78 is 26.3. The Bertz CT molecular complexity index is 1540. The van der Waals surface area contributed by atoms with Crippen LogP contribution < -0.4 is 4.90 Å². The van der Waals surface area contributed by atoms with Crippen molar-refractivity contribution >= 4 is 46.0 Å². The van der Waals surface area contributed by atoms with E-state index in [1.165, 1.54) is 0 Å². The van der Waals surface area contributed by atoms with Crippen LogP contribution in [0.2, 0.25) is 10.0 Å². The van der Waals surface area contributed by atoms with Crippen molar-refractivity contribution in [1.29, 1.82) is 0 Å². The van der Waals surface area contributed by atoms with E-state index < -0.39 is 6.09 Å². The van der Waals surface area contributed by atoms with Gasteiger partial charge in [0.1, 0.15) is 17.6 Å². The monoisotopic (exact) mass is 569 g/mol. The Morgan fingerprint density at radius 1 is 1.05 bits per heavy atom. The van der Waals surface area contributed by atoms with E-state index in [4.69, 9.17) is 43.6 Å². The molecule has 10 heteroatoms. The molecule has 1 saturated carbocycles. The number of hydrogen-bond acceptors (Lipinski definition) is 6. The van der Waals surface area contributed by atoms with Gasteiger partial charge in [0.15, 0.2) is 0 Å². The molecule has 0 bridgehead atoms. The first-order chi connectivity index (χ1) is 19.4. The van der Waals surface area contributed by atoms with E-state index in [-0.39, 0.29) is 25.3 Å². The first-order valence-electron chi connectivity index (χ1n) is 13.8. The van der Waals surface area contributed by atoms with Gasteiger partial charge in [-0.25, -0.2) is 9.78 Å². The number of halogens is 2. The standard InChI is InChI=1S/C29H30Cl2N4O4/c1-16-27(17(2)39-33-16)18-4-11-25-24(14-18)32-28(34(25)19-5-8-21(37-3)9-6-19)26-12-13-38-29(36)35(26)20-7-10-22(30)23(31)15-20/h4,7,10-11,14-15,19,21,26H,5-6,8-9,12-13H2,1-3H3/t19-,21-,26-/m0/s1/i3D. The maximum Gasteiger partial charge on any atom is 0.414 e. The van der Waals surface area contributed by atoms with Gasteiger partial charge in [0, 0.05) is 30.8 Å². The van der Waals surface area contributed by atoms with Crippen LogP contribution in [-0.2, 0) is 9.47 Å². The first kappa shape index (κ1) is 24.9. The highest BCUT2D eigenvalue weighted by Gasteiger charge is 2.38. The predicted molar refractivity (Wildman–Crippen MR) is 151 cm³/mol. The van der Waals surface area contributed by atoms with Crippen molar-refractivity contribution in [2.75, 3.05) is 18.6 Å². The number of amides is 1. The highest BCUT2D eigenvalue weighted by molar-refractivity contribution is 6.42. The van der Waals surface area contributed by atoms with Crippen LogP contribution in [-0.4, -0.2) is 40.6 Å². The fourth-order valence-corrected chi connectivity index (χ4v) is 6.30. The zero-order valence-electron chi connectivity index (χ0n) is 22.8. The van der Waals surface area contributed by atoms with Crippen molar-refractivity contribution in [2.45, 2.75) is 64.1 Å².